The van der Waals surface area contributed by atoms with Gasteiger partial charge >= 0.3 is 0 Å². The van der Waals surface area contributed by atoms with E-state index in [1.807, 2.05) is 25.1 Å². The zero-order valence-electron chi connectivity index (χ0n) is 10.9. The van der Waals surface area contributed by atoms with E-state index in [1.165, 1.54) is 0 Å². The molecule has 0 aromatic heterocycles. The van der Waals surface area contributed by atoms with Crippen LogP contribution in [0.3, 0.4) is 0 Å². The quantitative estimate of drug-likeness (QED) is 0.731. The highest BCUT2D eigenvalue weighted by Crippen LogP contribution is 2.37. The summed E-state index contributed by atoms with van der Waals surface area (Å²) in [6, 6.07) is 9.45. The van der Waals surface area contributed by atoms with E-state index in [4.69, 9.17) is 33.7 Å². The predicted octanol–water partition coefficient (Wildman–Crippen LogP) is 5.36. The van der Waals surface area contributed by atoms with Crippen LogP contribution >= 0.6 is 39.1 Å². The van der Waals surface area contributed by atoms with Crippen LogP contribution in [0.5, 0.6) is 11.5 Å². The molecule has 2 N–H and O–H groups in total. The van der Waals surface area contributed by atoms with Crippen LogP contribution in [0.15, 0.2) is 34.8 Å². The molecule has 2 rings (SSSR count). The molecular weight excluding hydrogens is 361 g/mol. The molecule has 0 aliphatic rings. The Kier molecular flexibility index (Phi) is 5.33. The lowest BCUT2D eigenvalue weighted by Crippen LogP contribution is -2.03. The SMILES string of the molecule is Cc1ccc(CCN)cc1Oc1cc(Cl)c(Br)cc1Cl. The highest BCUT2D eigenvalue weighted by atomic mass is 79.9. The second-order valence-electron chi connectivity index (χ2n) is 4.44. The number of halogens is 3. The third kappa shape index (κ3) is 3.67. The Labute approximate surface area is 137 Å². The van der Waals surface area contributed by atoms with Gasteiger partial charge in [-0.05, 0) is 59.1 Å². The second kappa shape index (κ2) is 6.81. The van der Waals surface area contributed by atoms with Gasteiger partial charge in [0.1, 0.15) is 11.5 Å². The third-order valence-corrected chi connectivity index (χ3v) is 4.37. The van der Waals surface area contributed by atoms with Gasteiger partial charge in [0, 0.05) is 10.5 Å². The Morgan fingerprint density at radius 1 is 1.10 bits per heavy atom. The number of rotatable bonds is 4. The molecule has 106 valence electrons. The Balaban J connectivity index is 2.34. The van der Waals surface area contributed by atoms with Gasteiger partial charge in [0.2, 0.25) is 0 Å². The van der Waals surface area contributed by atoms with Crippen molar-refractivity contribution < 1.29 is 4.74 Å². The fourth-order valence-electron chi connectivity index (χ4n) is 1.78. The first-order valence-corrected chi connectivity index (χ1v) is 7.68. The van der Waals surface area contributed by atoms with Crippen molar-refractivity contribution in [3.63, 3.8) is 0 Å². The average Bonchev–Trinajstić information content (AvgIpc) is 2.40. The van der Waals surface area contributed by atoms with Crippen molar-refractivity contribution in [3.8, 4) is 11.5 Å². The lowest BCUT2D eigenvalue weighted by molar-refractivity contribution is 0.478. The van der Waals surface area contributed by atoms with Gasteiger partial charge in [0.05, 0.1) is 10.0 Å². The molecule has 5 heteroatoms. The van der Waals surface area contributed by atoms with Crippen LogP contribution in [0.4, 0.5) is 0 Å². The van der Waals surface area contributed by atoms with E-state index >= 15 is 0 Å². The van der Waals surface area contributed by atoms with Gasteiger partial charge in [0.25, 0.3) is 0 Å². The number of aryl methyl sites for hydroxylation is 1. The maximum atomic E-state index is 6.17. The maximum absolute atomic E-state index is 6.17. The zero-order chi connectivity index (χ0) is 14.7. The molecule has 0 unspecified atom stereocenters. The van der Waals surface area contributed by atoms with Crippen LogP contribution in [-0.2, 0) is 6.42 Å². The molecule has 0 aliphatic carbocycles. The van der Waals surface area contributed by atoms with Crippen LogP contribution in [0, 0.1) is 6.92 Å². The summed E-state index contributed by atoms with van der Waals surface area (Å²) in [5, 5.41) is 1.06. The van der Waals surface area contributed by atoms with Crippen LogP contribution < -0.4 is 10.5 Å². The maximum Gasteiger partial charge on any atom is 0.147 e. The van der Waals surface area contributed by atoms with Gasteiger partial charge in [-0.3, -0.25) is 0 Å². The van der Waals surface area contributed by atoms with Gasteiger partial charge in [-0.15, -0.1) is 0 Å². The van der Waals surface area contributed by atoms with E-state index in [1.54, 1.807) is 12.1 Å². The minimum Gasteiger partial charge on any atom is -0.455 e. The van der Waals surface area contributed by atoms with E-state index in [2.05, 4.69) is 15.9 Å². The summed E-state index contributed by atoms with van der Waals surface area (Å²) in [6.45, 7) is 2.59. The number of nitrogens with two attached hydrogens (primary N) is 1. The number of ether oxygens (including phenoxy) is 1. The molecule has 0 radical (unpaired) electrons. The van der Waals surface area contributed by atoms with E-state index < -0.39 is 0 Å². The zero-order valence-corrected chi connectivity index (χ0v) is 14.0. The molecule has 0 fully saturated rings. The van der Waals surface area contributed by atoms with Crippen LogP contribution in [0.2, 0.25) is 10.0 Å². The third-order valence-electron chi connectivity index (χ3n) is 2.88. The summed E-state index contributed by atoms with van der Waals surface area (Å²) in [7, 11) is 0. The predicted molar refractivity (Wildman–Crippen MR) is 88.2 cm³/mol. The minimum absolute atomic E-state index is 0.505. The summed E-state index contributed by atoms with van der Waals surface area (Å²) in [4.78, 5) is 0. The normalized spacial score (nSPS) is 10.7. The van der Waals surface area contributed by atoms with Gasteiger partial charge in [-0.1, -0.05) is 35.3 Å². The fraction of sp³-hybridized carbons (Fsp3) is 0.200. The van der Waals surface area contributed by atoms with Crippen molar-refractivity contribution in [2.45, 2.75) is 13.3 Å². The summed E-state index contributed by atoms with van der Waals surface area (Å²) in [6.07, 6.45) is 0.811. The molecule has 2 nitrogen and oxygen atoms in total. The van der Waals surface area contributed by atoms with Crippen molar-refractivity contribution in [3.05, 3.63) is 56.0 Å². The molecule has 0 heterocycles. The van der Waals surface area contributed by atoms with Gasteiger partial charge in [0.15, 0.2) is 0 Å². The number of benzene rings is 2. The molecule has 0 bridgehead atoms. The van der Waals surface area contributed by atoms with E-state index in [0.717, 1.165) is 27.8 Å². The second-order valence-corrected chi connectivity index (χ2v) is 6.11. The molecule has 0 saturated heterocycles. The van der Waals surface area contributed by atoms with Crippen LogP contribution in [0.1, 0.15) is 11.1 Å². The average molecular weight is 375 g/mol. The molecular formula is C15H14BrCl2NO. The topological polar surface area (TPSA) is 35.2 Å². The summed E-state index contributed by atoms with van der Waals surface area (Å²) in [5.74, 6) is 1.30. The highest BCUT2D eigenvalue weighted by molar-refractivity contribution is 9.10. The monoisotopic (exact) mass is 373 g/mol. The Bertz CT molecular complexity index is 632. The smallest absolute Gasteiger partial charge is 0.147 e. The van der Waals surface area contributed by atoms with Crippen molar-refractivity contribution in [2.24, 2.45) is 5.73 Å². The number of hydrogen-bond donors (Lipinski definition) is 1. The molecule has 0 spiro atoms. The largest absolute Gasteiger partial charge is 0.455 e. The van der Waals surface area contributed by atoms with Crippen molar-refractivity contribution in [1.82, 2.24) is 0 Å². The fourth-order valence-corrected chi connectivity index (χ4v) is 2.61. The molecule has 2 aromatic rings. The van der Waals surface area contributed by atoms with Crippen LogP contribution in [-0.4, -0.2) is 6.54 Å². The molecule has 20 heavy (non-hydrogen) atoms. The first-order valence-electron chi connectivity index (χ1n) is 6.13. The first kappa shape index (κ1) is 15.6. The standard InChI is InChI=1S/C15H14BrCl2NO/c1-9-2-3-10(4-5-19)6-14(9)20-15-8-12(17)11(16)7-13(15)18/h2-3,6-8H,4-5,19H2,1H3. The lowest BCUT2D eigenvalue weighted by atomic mass is 10.1. The molecule has 0 saturated carbocycles. The molecule has 2 aromatic carbocycles. The summed E-state index contributed by atoms with van der Waals surface area (Å²) in [5.41, 5.74) is 7.74. The van der Waals surface area contributed by atoms with Crippen LogP contribution in [0.25, 0.3) is 0 Å². The van der Waals surface area contributed by atoms with E-state index in [-0.39, 0.29) is 0 Å². The van der Waals surface area contributed by atoms with Gasteiger partial charge in [-0.2, -0.15) is 0 Å². The van der Waals surface area contributed by atoms with Crippen molar-refractivity contribution >= 4 is 39.1 Å². The van der Waals surface area contributed by atoms with Crippen molar-refractivity contribution in [2.75, 3.05) is 6.54 Å². The van der Waals surface area contributed by atoms with E-state index in [0.29, 0.717) is 22.3 Å². The molecule has 0 atom stereocenters. The first-order chi connectivity index (χ1) is 9.51. The van der Waals surface area contributed by atoms with Crippen molar-refractivity contribution in [1.29, 1.82) is 0 Å². The lowest BCUT2D eigenvalue weighted by Gasteiger charge is -2.12. The van der Waals surface area contributed by atoms with E-state index in [9.17, 15) is 0 Å². The summed E-state index contributed by atoms with van der Waals surface area (Å²) < 4.78 is 6.63. The summed E-state index contributed by atoms with van der Waals surface area (Å²) >= 11 is 15.6. The Morgan fingerprint density at radius 3 is 2.55 bits per heavy atom. The molecule has 0 aliphatic heterocycles. The Morgan fingerprint density at radius 2 is 1.85 bits per heavy atom. The Hall–Kier alpha value is -0.740. The van der Waals surface area contributed by atoms with Gasteiger partial charge < -0.3 is 10.5 Å². The highest BCUT2D eigenvalue weighted by Gasteiger charge is 2.10. The number of hydrogen-bond acceptors (Lipinski definition) is 2. The molecule has 0 amide bonds. The minimum atomic E-state index is 0.505. The van der Waals surface area contributed by atoms with Gasteiger partial charge in [-0.25, -0.2) is 0 Å².